The fraction of sp³-hybridized carbons (Fsp3) is 0.231. The van der Waals surface area contributed by atoms with Gasteiger partial charge in [0.25, 0.3) is 0 Å². The number of thiazole rings is 1. The highest BCUT2D eigenvalue weighted by Gasteiger charge is 2.11. The van der Waals surface area contributed by atoms with Crippen molar-refractivity contribution in [1.29, 1.82) is 0 Å². The molecule has 0 saturated carbocycles. The van der Waals surface area contributed by atoms with Crippen molar-refractivity contribution in [2.75, 3.05) is 12.4 Å². The number of nitrogens with one attached hydrogen (secondary N) is 1. The van der Waals surface area contributed by atoms with E-state index in [-0.39, 0.29) is 17.4 Å². The smallest absolute Gasteiger partial charge is 0.305 e. The van der Waals surface area contributed by atoms with E-state index in [1.807, 2.05) is 5.38 Å². The number of methoxy groups -OCH3 is 1. The molecule has 0 saturated heterocycles. The van der Waals surface area contributed by atoms with Crippen LogP contribution >= 0.6 is 38.9 Å². The number of hydrogen-bond acceptors (Lipinski definition) is 5. The van der Waals surface area contributed by atoms with E-state index in [0.29, 0.717) is 21.7 Å². The Kier molecular flexibility index (Phi) is 5.55. The lowest BCUT2D eigenvalue weighted by atomic mass is 10.2. The van der Waals surface area contributed by atoms with Crippen LogP contribution in [0.15, 0.2) is 22.0 Å². The van der Waals surface area contributed by atoms with Gasteiger partial charge in [-0.25, -0.2) is 9.37 Å². The van der Waals surface area contributed by atoms with Gasteiger partial charge in [-0.1, -0.05) is 11.6 Å². The molecule has 0 unspecified atom stereocenters. The molecular formula is C13H11BrClFN2O2S. The van der Waals surface area contributed by atoms with E-state index in [2.05, 4.69) is 31.0 Å². The molecule has 0 fully saturated rings. The fourth-order valence-electron chi connectivity index (χ4n) is 1.58. The zero-order chi connectivity index (χ0) is 15.4. The minimum absolute atomic E-state index is 0.258. The first kappa shape index (κ1) is 16.2. The number of anilines is 2. The molecule has 4 nitrogen and oxygen atoms in total. The van der Waals surface area contributed by atoms with Crippen LogP contribution < -0.4 is 5.32 Å². The number of aromatic nitrogens is 1. The van der Waals surface area contributed by atoms with E-state index in [4.69, 9.17) is 11.6 Å². The predicted molar refractivity (Wildman–Crippen MR) is 84.8 cm³/mol. The standard InChI is InChI=1S/C13H11BrClFN2O2S/c1-20-11(19)3-2-8-6-21-13(17-8)18-12-9(14)4-7(16)5-10(12)15/h4-6H,2-3H2,1H3,(H,17,18). The first-order valence-corrected chi connectivity index (χ1v) is 7.97. The van der Waals surface area contributed by atoms with Crippen molar-refractivity contribution in [3.05, 3.63) is 38.5 Å². The van der Waals surface area contributed by atoms with Crippen LogP contribution in [0.4, 0.5) is 15.2 Å². The van der Waals surface area contributed by atoms with Crippen molar-refractivity contribution < 1.29 is 13.9 Å². The Hall–Kier alpha value is -1.18. The molecule has 1 aromatic carbocycles. The molecule has 0 spiro atoms. The first-order valence-electron chi connectivity index (χ1n) is 5.92. The third-order valence-electron chi connectivity index (χ3n) is 2.60. The van der Waals surface area contributed by atoms with Gasteiger partial charge >= 0.3 is 5.97 Å². The van der Waals surface area contributed by atoms with Crippen LogP contribution in [0.25, 0.3) is 0 Å². The van der Waals surface area contributed by atoms with Crippen LogP contribution in [0.1, 0.15) is 12.1 Å². The summed E-state index contributed by atoms with van der Waals surface area (Å²) in [6.07, 6.45) is 0.782. The van der Waals surface area contributed by atoms with Crippen molar-refractivity contribution in [2.45, 2.75) is 12.8 Å². The number of rotatable bonds is 5. The summed E-state index contributed by atoms with van der Waals surface area (Å²) >= 11 is 10.6. The van der Waals surface area contributed by atoms with Gasteiger partial charge in [-0.3, -0.25) is 4.79 Å². The zero-order valence-electron chi connectivity index (χ0n) is 11.0. The van der Waals surface area contributed by atoms with Gasteiger partial charge in [-0.05, 0) is 28.1 Å². The molecule has 0 radical (unpaired) electrons. The lowest BCUT2D eigenvalue weighted by Crippen LogP contribution is -2.02. The molecular weight excluding hydrogens is 383 g/mol. The number of aryl methyl sites for hydroxylation is 1. The lowest BCUT2D eigenvalue weighted by Gasteiger charge is -2.08. The second-order valence-corrected chi connectivity index (χ2v) is 6.21. The van der Waals surface area contributed by atoms with Crippen LogP contribution in [0, 0.1) is 5.82 Å². The summed E-state index contributed by atoms with van der Waals surface area (Å²) < 4.78 is 18.3. The highest BCUT2D eigenvalue weighted by Crippen LogP contribution is 2.34. The summed E-state index contributed by atoms with van der Waals surface area (Å²) in [6.45, 7) is 0. The van der Waals surface area contributed by atoms with Crippen LogP contribution in [0.5, 0.6) is 0 Å². The van der Waals surface area contributed by atoms with Crippen LogP contribution in [0.3, 0.4) is 0 Å². The molecule has 21 heavy (non-hydrogen) atoms. The molecule has 1 aromatic heterocycles. The number of nitrogens with zero attached hydrogens (tertiary/aromatic N) is 1. The highest BCUT2D eigenvalue weighted by molar-refractivity contribution is 9.10. The van der Waals surface area contributed by atoms with Crippen molar-refractivity contribution in [3.63, 3.8) is 0 Å². The maximum atomic E-state index is 13.2. The average Bonchev–Trinajstić information content (AvgIpc) is 2.88. The van der Waals surface area contributed by atoms with E-state index in [1.54, 1.807) is 0 Å². The molecule has 2 aromatic rings. The summed E-state index contributed by atoms with van der Waals surface area (Å²) in [5.41, 5.74) is 1.33. The number of hydrogen-bond donors (Lipinski definition) is 1. The van der Waals surface area contributed by atoms with Gasteiger partial charge < -0.3 is 10.1 Å². The van der Waals surface area contributed by atoms with E-state index in [9.17, 15) is 9.18 Å². The van der Waals surface area contributed by atoms with Crippen LogP contribution in [-0.2, 0) is 16.0 Å². The van der Waals surface area contributed by atoms with Gasteiger partial charge in [0.2, 0.25) is 0 Å². The van der Waals surface area contributed by atoms with Crippen molar-refractivity contribution in [3.8, 4) is 0 Å². The largest absolute Gasteiger partial charge is 0.469 e. The first-order chi connectivity index (χ1) is 9.99. The summed E-state index contributed by atoms with van der Waals surface area (Å²) in [5, 5.41) is 5.75. The molecule has 0 aliphatic carbocycles. The number of benzene rings is 1. The Bertz CT molecular complexity index is 642. The van der Waals surface area contributed by atoms with Gasteiger partial charge in [0.15, 0.2) is 5.13 Å². The van der Waals surface area contributed by atoms with Gasteiger partial charge in [-0.15, -0.1) is 11.3 Å². The SMILES string of the molecule is COC(=O)CCc1csc(Nc2c(Cl)cc(F)cc2Br)n1. The molecule has 0 bridgehead atoms. The second-order valence-electron chi connectivity index (χ2n) is 4.09. The van der Waals surface area contributed by atoms with Gasteiger partial charge in [0, 0.05) is 16.3 Å². The van der Waals surface area contributed by atoms with Crippen molar-refractivity contribution >= 4 is 55.7 Å². The normalized spacial score (nSPS) is 10.5. The van der Waals surface area contributed by atoms with E-state index >= 15 is 0 Å². The number of carbonyl (C=O) groups excluding carboxylic acids is 1. The quantitative estimate of drug-likeness (QED) is 0.757. The average molecular weight is 394 g/mol. The van der Waals surface area contributed by atoms with Crippen molar-refractivity contribution in [2.24, 2.45) is 0 Å². The molecule has 0 aliphatic heterocycles. The Morgan fingerprint density at radius 3 is 3.00 bits per heavy atom. The minimum atomic E-state index is -0.421. The maximum Gasteiger partial charge on any atom is 0.305 e. The molecule has 1 heterocycles. The van der Waals surface area contributed by atoms with Gasteiger partial charge in [0.05, 0.1) is 29.9 Å². The lowest BCUT2D eigenvalue weighted by molar-refractivity contribution is -0.140. The van der Waals surface area contributed by atoms with Gasteiger partial charge in [0.1, 0.15) is 5.82 Å². The number of carbonyl (C=O) groups is 1. The molecule has 0 amide bonds. The minimum Gasteiger partial charge on any atom is -0.469 e. The molecule has 1 N–H and O–H groups in total. The maximum absolute atomic E-state index is 13.2. The summed E-state index contributed by atoms with van der Waals surface area (Å²) in [4.78, 5) is 15.4. The summed E-state index contributed by atoms with van der Waals surface area (Å²) in [7, 11) is 1.35. The summed E-state index contributed by atoms with van der Waals surface area (Å²) in [6, 6.07) is 2.54. The Balaban J connectivity index is 2.08. The molecule has 112 valence electrons. The molecule has 2 rings (SSSR count). The Labute approximate surface area is 138 Å². The van der Waals surface area contributed by atoms with E-state index in [1.165, 1.54) is 30.6 Å². The molecule has 0 atom stereocenters. The highest BCUT2D eigenvalue weighted by atomic mass is 79.9. The molecule has 8 heteroatoms. The second kappa shape index (κ2) is 7.20. The molecule has 0 aliphatic rings. The number of esters is 1. The topological polar surface area (TPSA) is 51.2 Å². The van der Waals surface area contributed by atoms with E-state index in [0.717, 1.165) is 5.69 Å². The Morgan fingerprint density at radius 1 is 1.57 bits per heavy atom. The van der Waals surface area contributed by atoms with E-state index < -0.39 is 5.82 Å². The van der Waals surface area contributed by atoms with Gasteiger partial charge in [-0.2, -0.15) is 0 Å². The Morgan fingerprint density at radius 2 is 2.33 bits per heavy atom. The third kappa shape index (κ3) is 4.39. The third-order valence-corrected chi connectivity index (χ3v) is 4.33. The fourth-order valence-corrected chi connectivity index (χ4v) is 3.23. The predicted octanol–water partition coefficient (Wildman–Crippen LogP) is 4.55. The van der Waals surface area contributed by atoms with Crippen LogP contribution in [0.2, 0.25) is 5.02 Å². The van der Waals surface area contributed by atoms with Crippen LogP contribution in [-0.4, -0.2) is 18.1 Å². The summed E-state index contributed by atoms with van der Waals surface area (Å²) in [5.74, 6) is -0.697. The number of halogens is 3. The number of ether oxygens (including phenoxy) is 1. The van der Waals surface area contributed by atoms with Crippen molar-refractivity contribution in [1.82, 2.24) is 4.98 Å². The zero-order valence-corrected chi connectivity index (χ0v) is 14.1. The monoisotopic (exact) mass is 392 g/mol.